The van der Waals surface area contributed by atoms with Crippen LogP contribution in [-0.4, -0.2) is 5.88 Å². The highest BCUT2D eigenvalue weighted by molar-refractivity contribution is 7.09. The van der Waals surface area contributed by atoms with Gasteiger partial charge in [0.05, 0.1) is 0 Å². The van der Waals surface area contributed by atoms with E-state index in [2.05, 4.69) is 47.1 Å². The van der Waals surface area contributed by atoms with Crippen molar-refractivity contribution < 1.29 is 0 Å². The Bertz CT molecular complexity index is 408. The van der Waals surface area contributed by atoms with E-state index in [9.17, 15) is 0 Å². The van der Waals surface area contributed by atoms with Crippen LogP contribution < -0.4 is 5.32 Å². The normalized spacial score (nSPS) is 10.3. The van der Waals surface area contributed by atoms with Gasteiger partial charge in [-0.3, -0.25) is 0 Å². The molecule has 16 heavy (non-hydrogen) atoms. The minimum Gasteiger partial charge on any atom is -0.380 e. The fourth-order valence-corrected chi connectivity index (χ4v) is 2.36. The number of benzene rings is 1. The molecule has 1 aromatic heterocycles. The molecule has 0 radical (unpaired) electrons. The summed E-state index contributed by atoms with van der Waals surface area (Å²) in [4.78, 5) is 1.35. The van der Waals surface area contributed by atoms with Crippen LogP contribution in [0.3, 0.4) is 0 Å². The smallest absolute Gasteiger partial charge is 0.0494 e. The first-order valence-electron chi connectivity index (χ1n) is 5.29. The Balaban J connectivity index is 1.90. The van der Waals surface area contributed by atoms with Crippen molar-refractivity contribution in [2.24, 2.45) is 0 Å². The Morgan fingerprint density at radius 2 is 1.94 bits per heavy atom. The van der Waals surface area contributed by atoms with E-state index in [0.29, 0.717) is 5.88 Å². The lowest BCUT2D eigenvalue weighted by Gasteiger charge is -2.05. The van der Waals surface area contributed by atoms with Crippen molar-refractivity contribution in [3.05, 3.63) is 52.2 Å². The van der Waals surface area contributed by atoms with E-state index in [1.165, 1.54) is 10.4 Å². The predicted octanol–water partition coefficient (Wildman–Crippen LogP) is 4.14. The van der Waals surface area contributed by atoms with Gasteiger partial charge in [-0.2, -0.15) is 0 Å². The molecule has 1 nitrogen and oxygen atoms in total. The van der Waals surface area contributed by atoms with Crippen molar-refractivity contribution in [3.63, 3.8) is 0 Å². The fraction of sp³-hybridized carbons (Fsp3) is 0.231. The van der Waals surface area contributed by atoms with Crippen LogP contribution in [-0.2, 0) is 13.0 Å². The summed E-state index contributed by atoms with van der Waals surface area (Å²) in [6.45, 7) is 0.895. The monoisotopic (exact) mass is 251 g/mol. The van der Waals surface area contributed by atoms with Crippen molar-refractivity contribution in [1.29, 1.82) is 0 Å². The first-order chi connectivity index (χ1) is 7.88. The average Bonchev–Trinajstić information content (AvgIpc) is 2.82. The summed E-state index contributed by atoms with van der Waals surface area (Å²) in [6, 6.07) is 12.7. The van der Waals surface area contributed by atoms with Crippen molar-refractivity contribution in [2.45, 2.75) is 13.0 Å². The number of anilines is 1. The van der Waals surface area contributed by atoms with Crippen molar-refractivity contribution >= 4 is 28.6 Å². The average molecular weight is 252 g/mol. The minimum atomic E-state index is 0.683. The number of hydrogen-bond acceptors (Lipinski definition) is 2. The van der Waals surface area contributed by atoms with Gasteiger partial charge in [0.2, 0.25) is 0 Å². The zero-order chi connectivity index (χ0) is 11.2. The second-order valence-corrected chi connectivity index (χ2v) is 4.98. The molecule has 1 N–H and O–H groups in total. The maximum absolute atomic E-state index is 5.69. The van der Waals surface area contributed by atoms with Gasteiger partial charge in [0.25, 0.3) is 0 Å². The quantitative estimate of drug-likeness (QED) is 0.788. The summed E-state index contributed by atoms with van der Waals surface area (Å²) in [6.07, 6.45) is 0.937. The predicted molar refractivity (Wildman–Crippen MR) is 72.5 cm³/mol. The first kappa shape index (κ1) is 11.5. The number of rotatable bonds is 5. The van der Waals surface area contributed by atoms with Crippen molar-refractivity contribution in [1.82, 2.24) is 0 Å². The molecule has 0 unspecified atom stereocenters. The van der Waals surface area contributed by atoms with E-state index in [1.807, 2.05) is 0 Å². The molecule has 0 fully saturated rings. The van der Waals surface area contributed by atoms with E-state index in [1.54, 1.807) is 11.3 Å². The molecule has 84 valence electrons. The van der Waals surface area contributed by atoms with Gasteiger partial charge < -0.3 is 5.32 Å². The highest BCUT2D eigenvalue weighted by Crippen LogP contribution is 2.14. The second kappa shape index (κ2) is 5.92. The zero-order valence-corrected chi connectivity index (χ0v) is 10.5. The van der Waals surface area contributed by atoms with E-state index >= 15 is 0 Å². The van der Waals surface area contributed by atoms with Crippen molar-refractivity contribution in [3.8, 4) is 0 Å². The lowest BCUT2D eigenvalue weighted by Crippen LogP contribution is -1.97. The van der Waals surface area contributed by atoms with Gasteiger partial charge in [-0.25, -0.2) is 0 Å². The van der Waals surface area contributed by atoms with Gasteiger partial charge in [-0.15, -0.1) is 22.9 Å². The number of hydrogen-bond donors (Lipinski definition) is 1. The summed E-state index contributed by atoms with van der Waals surface area (Å²) in [5.74, 6) is 0.683. The molecule has 0 aliphatic heterocycles. The van der Waals surface area contributed by atoms with Crippen LogP contribution in [0.15, 0.2) is 41.8 Å². The molecule has 0 atom stereocenters. The lowest BCUT2D eigenvalue weighted by molar-refractivity contribution is 1.14. The van der Waals surface area contributed by atoms with Gasteiger partial charge in [-0.1, -0.05) is 18.2 Å². The SMILES string of the molecule is ClCCc1ccc(NCc2cccs2)cc1. The van der Waals surface area contributed by atoms with Gasteiger partial charge in [0, 0.05) is 23.0 Å². The largest absolute Gasteiger partial charge is 0.380 e. The molecule has 0 spiro atoms. The number of halogens is 1. The van der Waals surface area contributed by atoms with E-state index in [0.717, 1.165) is 18.7 Å². The lowest BCUT2D eigenvalue weighted by atomic mass is 10.1. The maximum Gasteiger partial charge on any atom is 0.0494 e. The molecule has 2 aromatic rings. The number of nitrogens with one attached hydrogen (secondary N) is 1. The maximum atomic E-state index is 5.69. The molecule has 0 saturated carbocycles. The summed E-state index contributed by atoms with van der Waals surface area (Å²) in [5.41, 5.74) is 2.45. The third-order valence-electron chi connectivity index (χ3n) is 2.38. The van der Waals surface area contributed by atoms with E-state index in [-0.39, 0.29) is 0 Å². The van der Waals surface area contributed by atoms with Gasteiger partial charge in [-0.05, 0) is 35.6 Å². The fourth-order valence-electron chi connectivity index (χ4n) is 1.50. The third-order valence-corrected chi connectivity index (χ3v) is 3.45. The Morgan fingerprint density at radius 1 is 1.12 bits per heavy atom. The Labute approximate surface area is 105 Å². The van der Waals surface area contributed by atoms with Crippen LogP contribution in [0.2, 0.25) is 0 Å². The van der Waals surface area contributed by atoms with Crippen LogP contribution in [0.1, 0.15) is 10.4 Å². The molecule has 1 aromatic carbocycles. The zero-order valence-electron chi connectivity index (χ0n) is 8.95. The molecule has 0 amide bonds. The van der Waals surface area contributed by atoms with Crippen LogP contribution in [0, 0.1) is 0 Å². The molecule has 2 rings (SSSR count). The molecule has 1 heterocycles. The standard InChI is InChI=1S/C13H14ClNS/c14-8-7-11-3-5-12(6-4-11)15-10-13-2-1-9-16-13/h1-6,9,15H,7-8,10H2. The summed E-state index contributed by atoms with van der Waals surface area (Å²) >= 11 is 7.46. The topological polar surface area (TPSA) is 12.0 Å². The minimum absolute atomic E-state index is 0.683. The van der Waals surface area contributed by atoms with E-state index < -0.39 is 0 Å². The van der Waals surface area contributed by atoms with Crippen LogP contribution in [0.25, 0.3) is 0 Å². The van der Waals surface area contributed by atoms with E-state index in [4.69, 9.17) is 11.6 Å². The summed E-state index contributed by atoms with van der Waals surface area (Å²) < 4.78 is 0. The molecule has 0 bridgehead atoms. The van der Waals surface area contributed by atoms with Crippen LogP contribution >= 0.6 is 22.9 Å². The molecule has 3 heteroatoms. The van der Waals surface area contributed by atoms with Gasteiger partial charge in [0.15, 0.2) is 0 Å². The summed E-state index contributed by atoms with van der Waals surface area (Å²) in [7, 11) is 0. The van der Waals surface area contributed by atoms with Crippen molar-refractivity contribution in [2.75, 3.05) is 11.2 Å². The Morgan fingerprint density at radius 3 is 2.56 bits per heavy atom. The highest BCUT2D eigenvalue weighted by Gasteiger charge is 1.95. The van der Waals surface area contributed by atoms with Gasteiger partial charge >= 0.3 is 0 Å². The first-order valence-corrected chi connectivity index (χ1v) is 6.71. The highest BCUT2D eigenvalue weighted by atomic mass is 35.5. The molecular formula is C13H14ClNS. The molecule has 0 aliphatic carbocycles. The van der Waals surface area contributed by atoms with Gasteiger partial charge in [0.1, 0.15) is 0 Å². The summed E-state index contributed by atoms with van der Waals surface area (Å²) in [5, 5.41) is 5.49. The molecule has 0 saturated heterocycles. The number of thiophene rings is 1. The van der Waals surface area contributed by atoms with Crippen LogP contribution in [0.4, 0.5) is 5.69 Å². The van der Waals surface area contributed by atoms with Crippen LogP contribution in [0.5, 0.6) is 0 Å². The molecular weight excluding hydrogens is 238 g/mol. The number of aryl methyl sites for hydroxylation is 1. The second-order valence-electron chi connectivity index (χ2n) is 3.57. The Hall–Kier alpha value is -0.990. The molecule has 0 aliphatic rings. The third kappa shape index (κ3) is 3.26. The number of alkyl halides is 1. The Kier molecular flexibility index (Phi) is 4.25.